The van der Waals surface area contributed by atoms with Crippen LogP contribution in [0.4, 0.5) is 0 Å². The summed E-state index contributed by atoms with van der Waals surface area (Å²) in [6.07, 6.45) is 0.637. The van der Waals surface area contributed by atoms with Gasteiger partial charge in [0.1, 0.15) is 17.3 Å². The Morgan fingerprint density at radius 1 is 1.00 bits per heavy atom. The molecule has 1 amide bonds. The second-order valence-corrected chi connectivity index (χ2v) is 8.00. The summed E-state index contributed by atoms with van der Waals surface area (Å²) in [5, 5.41) is 11.9. The van der Waals surface area contributed by atoms with Crippen molar-refractivity contribution < 1.29 is 24.2 Å². The molecule has 8 heteroatoms. The van der Waals surface area contributed by atoms with Gasteiger partial charge in [0.25, 0.3) is 11.7 Å². The Labute approximate surface area is 197 Å². The Morgan fingerprint density at radius 3 is 2.34 bits per heavy atom. The molecule has 0 aliphatic carbocycles. The summed E-state index contributed by atoms with van der Waals surface area (Å²) >= 11 is 12.3. The molecule has 1 unspecified atom stereocenters. The van der Waals surface area contributed by atoms with Gasteiger partial charge in [0.05, 0.1) is 40.4 Å². The number of amides is 1. The number of aliphatic hydroxyl groups excluding tert-OH is 1. The van der Waals surface area contributed by atoms with Crippen LogP contribution in [0, 0.1) is 0 Å². The van der Waals surface area contributed by atoms with Crippen LogP contribution in [0.1, 0.15) is 44.4 Å². The van der Waals surface area contributed by atoms with Crippen LogP contribution < -0.4 is 9.47 Å². The lowest BCUT2D eigenvalue weighted by Gasteiger charge is -2.25. The molecule has 1 aliphatic rings. The molecule has 0 bridgehead atoms. The normalized spacial score (nSPS) is 17.7. The summed E-state index contributed by atoms with van der Waals surface area (Å²) in [5.41, 5.74) is 0.860. The van der Waals surface area contributed by atoms with E-state index in [9.17, 15) is 14.7 Å². The van der Waals surface area contributed by atoms with Crippen LogP contribution in [0.15, 0.2) is 42.0 Å². The third kappa shape index (κ3) is 4.57. The lowest BCUT2D eigenvalue weighted by atomic mass is 9.95. The molecule has 0 radical (unpaired) electrons. The molecule has 1 fully saturated rings. The minimum atomic E-state index is -0.800. The molecule has 1 aliphatic heterocycles. The number of ketones is 1. The number of halogens is 2. The fourth-order valence-electron chi connectivity index (χ4n) is 3.76. The maximum Gasteiger partial charge on any atom is 0.295 e. The summed E-state index contributed by atoms with van der Waals surface area (Å²) in [6.45, 7) is 6.74. The maximum atomic E-state index is 13.0. The predicted molar refractivity (Wildman–Crippen MR) is 125 cm³/mol. The summed E-state index contributed by atoms with van der Waals surface area (Å²) in [7, 11) is 0. The SMILES string of the molecule is CCCN1C(=O)C(=O)/C(=C(\O)c2ccc(OCC)cc2OCC)C1c1ccc(Cl)c(Cl)c1. The largest absolute Gasteiger partial charge is 0.507 e. The van der Waals surface area contributed by atoms with E-state index < -0.39 is 17.7 Å². The molecule has 1 heterocycles. The van der Waals surface area contributed by atoms with Crippen LogP contribution >= 0.6 is 23.2 Å². The van der Waals surface area contributed by atoms with E-state index in [1.54, 1.807) is 36.4 Å². The van der Waals surface area contributed by atoms with E-state index in [1.807, 2.05) is 20.8 Å². The third-order valence-electron chi connectivity index (χ3n) is 5.08. The second-order valence-electron chi connectivity index (χ2n) is 7.19. The molecule has 0 saturated carbocycles. The molecule has 1 atom stereocenters. The first-order chi connectivity index (χ1) is 15.3. The molecule has 2 aromatic rings. The first-order valence-electron chi connectivity index (χ1n) is 10.5. The number of Topliss-reactive ketones (excluding diaryl/α,β-unsaturated/α-hetero) is 1. The first-order valence-corrected chi connectivity index (χ1v) is 11.2. The highest BCUT2D eigenvalue weighted by Gasteiger charge is 2.46. The number of hydrogen-bond donors (Lipinski definition) is 1. The number of likely N-dealkylation sites (tertiary alicyclic amines) is 1. The zero-order valence-corrected chi connectivity index (χ0v) is 19.7. The van der Waals surface area contributed by atoms with E-state index in [4.69, 9.17) is 32.7 Å². The van der Waals surface area contributed by atoms with Crippen molar-refractivity contribution in [2.45, 2.75) is 33.2 Å². The van der Waals surface area contributed by atoms with Gasteiger partial charge in [-0.2, -0.15) is 0 Å². The number of carbonyl (C=O) groups is 2. The Morgan fingerprint density at radius 2 is 1.72 bits per heavy atom. The number of aliphatic hydroxyl groups is 1. The highest BCUT2D eigenvalue weighted by atomic mass is 35.5. The van der Waals surface area contributed by atoms with Crippen molar-refractivity contribution >= 4 is 40.7 Å². The van der Waals surface area contributed by atoms with Crippen LogP contribution in [0.5, 0.6) is 11.5 Å². The second kappa shape index (κ2) is 10.3. The molecule has 2 aromatic carbocycles. The molecule has 6 nitrogen and oxygen atoms in total. The first kappa shape index (κ1) is 24.0. The number of nitrogens with zero attached hydrogens (tertiary/aromatic N) is 1. The molecule has 0 spiro atoms. The Bertz CT molecular complexity index is 1070. The van der Waals surface area contributed by atoms with Gasteiger partial charge < -0.3 is 19.5 Å². The van der Waals surface area contributed by atoms with Crippen LogP contribution in [-0.4, -0.2) is 41.5 Å². The zero-order chi connectivity index (χ0) is 23.4. The monoisotopic (exact) mass is 477 g/mol. The van der Waals surface area contributed by atoms with Crippen molar-refractivity contribution in [2.75, 3.05) is 19.8 Å². The standard InChI is InChI=1S/C24H25Cl2NO5/c1-4-11-27-21(14-7-10-17(25)18(26)12-14)20(23(29)24(27)30)22(28)16-9-8-15(31-5-2)13-19(16)32-6-3/h7-10,12-13,21,28H,4-6,11H2,1-3H3/b22-20-. The van der Waals surface area contributed by atoms with Gasteiger partial charge in [-0.15, -0.1) is 0 Å². The van der Waals surface area contributed by atoms with Crippen LogP contribution in [0.3, 0.4) is 0 Å². The van der Waals surface area contributed by atoms with Crippen molar-refractivity contribution in [3.05, 3.63) is 63.1 Å². The van der Waals surface area contributed by atoms with Crippen LogP contribution in [-0.2, 0) is 9.59 Å². The number of rotatable bonds is 8. The Hall–Kier alpha value is -2.70. The van der Waals surface area contributed by atoms with Gasteiger partial charge in [0, 0.05) is 12.6 Å². The van der Waals surface area contributed by atoms with E-state index in [2.05, 4.69) is 0 Å². The van der Waals surface area contributed by atoms with Gasteiger partial charge >= 0.3 is 0 Å². The minimum absolute atomic E-state index is 0.0213. The van der Waals surface area contributed by atoms with Crippen molar-refractivity contribution in [1.82, 2.24) is 4.90 Å². The average molecular weight is 478 g/mol. The summed E-state index contributed by atoms with van der Waals surface area (Å²) in [4.78, 5) is 27.3. The van der Waals surface area contributed by atoms with E-state index in [1.165, 1.54) is 4.90 Å². The lowest BCUT2D eigenvalue weighted by Crippen LogP contribution is -2.30. The number of ether oxygens (including phenoxy) is 2. The van der Waals surface area contributed by atoms with E-state index >= 15 is 0 Å². The number of hydrogen-bond acceptors (Lipinski definition) is 5. The van der Waals surface area contributed by atoms with Gasteiger partial charge in [0.2, 0.25) is 0 Å². The van der Waals surface area contributed by atoms with Crippen molar-refractivity contribution in [2.24, 2.45) is 0 Å². The topological polar surface area (TPSA) is 76.1 Å². The van der Waals surface area contributed by atoms with Crippen molar-refractivity contribution in [3.63, 3.8) is 0 Å². The maximum absolute atomic E-state index is 13.0. The molecular formula is C24H25Cl2NO5. The van der Waals surface area contributed by atoms with Gasteiger partial charge in [-0.25, -0.2) is 0 Å². The van der Waals surface area contributed by atoms with Gasteiger partial charge in [-0.05, 0) is 50.1 Å². The lowest BCUT2D eigenvalue weighted by molar-refractivity contribution is -0.139. The minimum Gasteiger partial charge on any atom is -0.507 e. The van der Waals surface area contributed by atoms with E-state index in [0.717, 1.165) is 0 Å². The Balaban J connectivity index is 2.22. The van der Waals surface area contributed by atoms with E-state index in [-0.39, 0.29) is 11.3 Å². The van der Waals surface area contributed by atoms with Gasteiger partial charge in [-0.3, -0.25) is 9.59 Å². The number of carbonyl (C=O) groups excluding carboxylic acids is 2. The fourth-order valence-corrected chi connectivity index (χ4v) is 4.06. The van der Waals surface area contributed by atoms with Gasteiger partial charge in [0.15, 0.2) is 0 Å². The highest BCUT2D eigenvalue weighted by molar-refractivity contribution is 6.47. The fraction of sp³-hybridized carbons (Fsp3) is 0.333. The summed E-state index contributed by atoms with van der Waals surface area (Å²) in [6, 6.07) is 9.06. The molecule has 3 rings (SSSR count). The van der Waals surface area contributed by atoms with Crippen LogP contribution in [0.25, 0.3) is 5.76 Å². The average Bonchev–Trinajstić information content (AvgIpc) is 3.01. The molecule has 170 valence electrons. The molecule has 32 heavy (non-hydrogen) atoms. The van der Waals surface area contributed by atoms with Crippen molar-refractivity contribution in [3.8, 4) is 11.5 Å². The zero-order valence-electron chi connectivity index (χ0n) is 18.2. The molecule has 1 N–H and O–H groups in total. The summed E-state index contributed by atoms with van der Waals surface area (Å²) in [5.74, 6) is -0.827. The smallest absolute Gasteiger partial charge is 0.295 e. The third-order valence-corrected chi connectivity index (χ3v) is 5.82. The predicted octanol–water partition coefficient (Wildman–Crippen LogP) is 5.62. The molecule has 1 saturated heterocycles. The summed E-state index contributed by atoms with van der Waals surface area (Å²) < 4.78 is 11.2. The Kier molecular flexibility index (Phi) is 7.69. The number of benzene rings is 2. The molecular weight excluding hydrogens is 453 g/mol. The quantitative estimate of drug-likeness (QED) is 0.303. The molecule has 0 aromatic heterocycles. The highest BCUT2D eigenvalue weighted by Crippen LogP contribution is 2.42. The van der Waals surface area contributed by atoms with Crippen molar-refractivity contribution in [1.29, 1.82) is 0 Å². The van der Waals surface area contributed by atoms with Gasteiger partial charge in [-0.1, -0.05) is 36.2 Å². The van der Waals surface area contributed by atoms with E-state index in [0.29, 0.717) is 58.9 Å². The van der Waals surface area contributed by atoms with Crippen LogP contribution in [0.2, 0.25) is 10.0 Å².